The van der Waals surface area contributed by atoms with E-state index in [-0.39, 0.29) is 11.8 Å². The van der Waals surface area contributed by atoms with Crippen molar-refractivity contribution in [2.75, 3.05) is 5.32 Å². The molecule has 2 amide bonds. The summed E-state index contributed by atoms with van der Waals surface area (Å²) in [5, 5.41) is 12.5. The van der Waals surface area contributed by atoms with Crippen molar-refractivity contribution >= 4 is 17.5 Å². The number of nitrogens with zero attached hydrogens (tertiary/aromatic N) is 1. The molecule has 0 saturated heterocycles. The van der Waals surface area contributed by atoms with Crippen molar-refractivity contribution in [2.45, 2.75) is 45.9 Å². The monoisotopic (exact) mass is 290 g/mol. The molecule has 1 aliphatic heterocycles. The second kappa shape index (κ2) is 6.26. The van der Waals surface area contributed by atoms with E-state index in [1.165, 1.54) is 11.8 Å². The second-order valence-corrected chi connectivity index (χ2v) is 5.62. The van der Waals surface area contributed by atoms with E-state index in [0.717, 1.165) is 17.7 Å². The van der Waals surface area contributed by atoms with Crippen LogP contribution in [0.2, 0.25) is 0 Å². The number of nitrogens with one attached hydrogen (secondary N) is 1. The normalized spacial score (nSPS) is 21.0. The average Bonchev–Trinajstić information content (AvgIpc) is 2.61. The predicted molar refractivity (Wildman–Crippen MR) is 80.5 cm³/mol. The number of rotatable bonds is 3. The largest absolute Gasteiger partial charge is 0.384 e. The first kappa shape index (κ1) is 15.5. The number of para-hydroxylation sites is 1. The molecule has 2 N–H and O–H groups in total. The molecular formula is C16H22N2O3. The molecule has 1 aromatic carbocycles. The molecule has 3 atom stereocenters. The number of hydrogen-bond acceptors (Lipinski definition) is 3. The summed E-state index contributed by atoms with van der Waals surface area (Å²) in [6.07, 6.45) is -0.340. The lowest BCUT2D eigenvalue weighted by Gasteiger charge is -2.33. The highest BCUT2D eigenvalue weighted by atomic mass is 16.3. The minimum absolute atomic E-state index is 0.0158. The van der Waals surface area contributed by atoms with Crippen molar-refractivity contribution in [1.82, 2.24) is 4.90 Å². The maximum absolute atomic E-state index is 12.5. The third-order valence-electron chi connectivity index (χ3n) is 4.04. The molecule has 0 fully saturated rings. The molecule has 0 saturated carbocycles. The fraction of sp³-hybridized carbons (Fsp3) is 0.500. The molecule has 2 rings (SSSR count). The van der Waals surface area contributed by atoms with Gasteiger partial charge in [0.2, 0.25) is 5.91 Å². The first-order chi connectivity index (χ1) is 9.95. The zero-order chi connectivity index (χ0) is 15.6. The number of amides is 2. The molecule has 21 heavy (non-hydrogen) atoms. The van der Waals surface area contributed by atoms with Crippen LogP contribution in [-0.4, -0.2) is 34.0 Å². The summed E-state index contributed by atoms with van der Waals surface area (Å²) in [7, 11) is 0. The van der Waals surface area contributed by atoms with Crippen LogP contribution in [0.4, 0.5) is 5.69 Å². The molecule has 114 valence electrons. The summed E-state index contributed by atoms with van der Waals surface area (Å²) in [5.41, 5.74) is 1.61. The molecular weight excluding hydrogens is 268 g/mol. The fourth-order valence-electron chi connectivity index (χ4n) is 2.65. The Hall–Kier alpha value is -1.88. The van der Waals surface area contributed by atoms with Crippen LogP contribution < -0.4 is 5.32 Å². The molecule has 0 radical (unpaired) electrons. The zero-order valence-electron chi connectivity index (χ0n) is 12.7. The second-order valence-electron chi connectivity index (χ2n) is 5.62. The Bertz CT molecular complexity index is 542. The van der Waals surface area contributed by atoms with Gasteiger partial charge in [0.15, 0.2) is 0 Å². The van der Waals surface area contributed by atoms with Gasteiger partial charge < -0.3 is 15.3 Å². The smallest absolute Gasteiger partial charge is 0.252 e. The van der Waals surface area contributed by atoms with E-state index in [2.05, 4.69) is 5.32 Å². The van der Waals surface area contributed by atoms with E-state index in [1.807, 2.05) is 38.1 Å². The van der Waals surface area contributed by atoms with E-state index >= 15 is 0 Å². The molecule has 0 unspecified atom stereocenters. The van der Waals surface area contributed by atoms with Crippen LogP contribution in [0, 0.1) is 5.92 Å². The number of aliphatic hydroxyl groups is 1. The topological polar surface area (TPSA) is 69.6 Å². The van der Waals surface area contributed by atoms with Gasteiger partial charge >= 0.3 is 0 Å². The van der Waals surface area contributed by atoms with Gasteiger partial charge in [-0.15, -0.1) is 0 Å². The van der Waals surface area contributed by atoms with Crippen molar-refractivity contribution in [1.29, 1.82) is 0 Å². The van der Waals surface area contributed by atoms with Crippen LogP contribution in [0.1, 0.15) is 32.8 Å². The molecule has 5 nitrogen and oxygen atoms in total. The quantitative estimate of drug-likeness (QED) is 0.891. The number of carbonyl (C=O) groups excluding carboxylic acids is 2. The van der Waals surface area contributed by atoms with Gasteiger partial charge in [-0.2, -0.15) is 0 Å². The molecule has 0 bridgehead atoms. The number of anilines is 1. The van der Waals surface area contributed by atoms with Gasteiger partial charge in [-0.3, -0.25) is 9.59 Å². The average molecular weight is 290 g/mol. The van der Waals surface area contributed by atoms with Crippen LogP contribution in [0.15, 0.2) is 24.3 Å². The predicted octanol–water partition coefficient (Wildman–Crippen LogP) is 1.76. The minimum atomic E-state index is -1.12. The van der Waals surface area contributed by atoms with Gasteiger partial charge in [-0.1, -0.05) is 38.5 Å². The lowest BCUT2D eigenvalue weighted by Crippen LogP contribution is -2.51. The Morgan fingerprint density at radius 3 is 2.71 bits per heavy atom. The van der Waals surface area contributed by atoms with Crippen LogP contribution >= 0.6 is 0 Å². The molecule has 1 heterocycles. The Labute approximate surface area is 125 Å². The van der Waals surface area contributed by atoms with Crippen molar-refractivity contribution in [3.63, 3.8) is 0 Å². The highest BCUT2D eigenvalue weighted by molar-refractivity contribution is 5.99. The summed E-state index contributed by atoms with van der Waals surface area (Å²) in [5.74, 6) is -0.586. The summed E-state index contributed by atoms with van der Waals surface area (Å²) < 4.78 is 0. The van der Waals surface area contributed by atoms with E-state index in [9.17, 15) is 14.7 Å². The third kappa shape index (κ3) is 3.08. The van der Waals surface area contributed by atoms with Crippen molar-refractivity contribution in [3.8, 4) is 0 Å². The van der Waals surface area contributed by atoms with Gasteiger partial charge in [0.1, 0.15) is 12.1 Å². The van der Waals surface area contributed by atoms with E-state index in [4.69, 9.17) is 0 Å². The van der Waals surface area contributed by atoms with Crippen LogP contribution in [-0.2, 0) is 16.1 Å². The van der Waals surface area contributed by atoms with Crippen LogP contribution in [0.3, 0.4) is 0 Å². The van der Waals surface area contributed by atoms with Crippen molar-refractivity contribution in [3.05, 3.63) is 29.8 Å². The molecule has 1 aromatic rings. The maximum atomic E-state index is 12.5. The summed E-state index contributed by atoms with van der Waals surface area (Å²) in [6, 6.07) is 6.88. The number of fused-ring (bicyclic) bond motifs is 1. The summed E-state index contributed by atoms with van der Waals surface area (Å²) >= 11 is 0. The standard InChI is InChI=1S/C16H22N2O3/c1-4-10(2)14-15(20)17-13-8-6-5-7-12(13)9-18(14)16(21)11(3)19/h5-8,10-11,14,19H,4,9H2,1-3H3,(H,17,20)/t10-,11-,14-/m0/s1. The van der Waals surface area contributed by atoms with Crippen LogP contribution in [0.5, 0.6) is 0 Å². The van der Waals surface area contributed by atoms with E-state index in [0.29, 0.717) is 6.54 Å². The lowest BCUT2D eigenvalue weighted by molar-refractivity contribution is -0.147. The fourth-order valence-corrected chi connectivity index (χ4v) is 2.65. The SMILES string of the molecule is CC[C@H](C)[C@H]1C(=O)Nc2ccccc2CN1C(=O)[C@H](C)O. The maximum Gasteiger partial charge on any atom is 0.252 e. The first-order valence-corrected chi connectivity index (χ1v) is 7.33. The summed E-state index contributed by atoms with van der Waals surface area (Å²) in [4.78, 5) is 26.4. The Balaban J connectivity index is 2.44. The molecule has 1 aliphatic rings. The van der Waals surface area contributed by atoms with Gasteiger partial charge in [0.25, 0.3) is 5.91 Å². The number of aliphatic hydroxyl groups excluding tert-OH is 1. The number of carbonyl (C=O) groups is 2. The van der Waals surface area contributed by atoms with Gasteiger partial charge in [0, 0.05) is 12.2 Å². The van der Waals surface area contributed by atoms with Gasteiger partial charge in [-0.25, -0.2) is 0 Å². The molecule has 0 aromatic heterocycles. The Morgan fingerprint density at radius 1 is 1.43 bits per heavy atom. The van der Waals surface area contributed by atoms with Gasteiger partial charge in [0.05, 0.1) is 0 Å². The highest BCUT2D eigenvalue weighted by Crippen LogP contribution is 2.27. The molecule has 0 spiro atoms. The number of benzene rings is 1. The lowest BCUT2D eigenvalue weighted by atomic mass is 9.96. The molecule has 0 aliphatic carbocycles. The van der Waals surface area contributed by atoms with Crippen molar-refractivity contribution in [2.24, 2.45) is 5.92 Å². The zero-order valence-corrected chi connectivity index (χ0v) is 12.7. The number of hydrogen-bond donors (Lipinski definition) is 2. The van der Waals surface area contributed by atoms with Crippen LogP contribution in [0.25, 0.3) is 0 Å². The Kier molecular flexibility index (Phi) is 4.63. The Morgan fingerprint density at radius 2 is 2.10 bits per heavy atom. The highest BCUT2D eigenvalue weighted by Gasteiger charge is 2.37. The van der Waals surface area contributed by atoms with E-state index in [1.54, 1.807) is 0 Å². The van der Waals surface area contributed by atoms with Crippen molar-refractivity contribution < 1.29 is 14.7 Å². The minimum Gasteiger partial charge on any atom is -0.384 e. The third-order valence-corrected chi connectivity index (χ3v) is 4.04. The van der Waals surface area contributed by atoms with E-state index < -0.39 is 18.1 Å². The first-order valence-electron chi connectivity index (χ1n) is 7.33. The van der Waals surface area contributed by atoms with Gasteiger partial charge in [-0.05, 0) is 24.5 Å². The summed E-state index contributed by atoms with van der Waals surface area (Å²) in [6.45, 7) is 5.70. The molecule has 5 heteroatoms.